The van der Waals surface area contributed by atoms with Crippen molar-refractivity contribution in [3.8, 4) is 0 Å². The first-order chi connectivity index (χ1) is 9.64. The summed E-state index contributed by atoms with van der Waals surface area (Å²) in [6, 6.07) is 10.2. The first-order valence-electron chi connectivity index (χ1n) is 7.00. The van der Waals surface area contributed by atoms with Gasteiger partial charge in [0.15, 0.2) is 0 Å². The van der Waals surface area contributed by atoms with E-state index in [0.29, 0.717) is 6.54 Å². The Morgan fingerprint density at radius 2 is 2.15 bits per heavy atom. The fraction of sp³-hybridized carbons (Fsp3) is 0.533. The molecule has 5 nitrogen and oxygen atoms in total. The standard InChI is InChI=1S/C15H23N3O2/c1-15(12-16-14(19)17-20-2)9-6-10-18(15)11-13-7-4-3-5-8-13/h3-5,7-8H,6,9-12H2,1-2H3,(H2,16,17,19). The Labute approximate surface area is 120 Å². The first-order valence-corrected chi connectivity index (χ1v) is 7.00. The highest BCUT2D eigenvalue weighted by molar-refractivity contribution is 5.72. The third-order valence-electron chi connectivity index (χ3n) is 3.95. The highest BCUT2D eigenvalue weighted by Gasteiger charge is 2.36. The normalized spacial score (nSPS) is 22.7. The molecule has 5 heteroatoms. The largest absolute Gasteiger partial charge is 0.338 e. The third kappa shape index (κ3) is 3.71. The van der Waals surface area contributed by atoms with E-state index in [4.69, 9.17) is 0 Å². The lowest BCUT2D eigenvalue weighted by molar-refractivity contribution is 0.101. The van der Waals surface area contributed by atoms with Crippen LogP contribution < -0.4 is 10.8 Å². The van der Waals surface area contributed by atoms with Crippen LogP contribution in [0, 0.1) is 0 Å². The van der Waals surface area contributed by atoms with Gasteiger partial charge < -0.3 is 5.32 Å². The first kappa shape index (κ1) is 14.8. The number of likely N-dealkylation sites (tertiary alicyclic amines) is 1. The summed E-state index contributed by atoms with van der Waals surface area (Å²) in [7, 11) is 1.43. The van der Waals surface area contributed by atoms with Crippen LogP contribution in [-0.4, -0.2) is 36.7 Å². The average molecular weight is 277 g/mol. The van der Waals surface area contributed by atoms with E-state index in [1.807, 2.05) is 6.07 Å². The van der Waals surface area contributed by atoms with Crippen molar-refractivity contribution >= 4 is 6.03 Å². The van der Waals surface area contributed by atoms with Crippen LogP contribution in [0.5, 0.6) is 0 Å². The van der Waals surface area contributed by atoms with Gasteiger partial charge in [-0.15, -0.1) is 0 Å². The van der Waals surface area contributed by atoms with Gasteiger partial charge in [-0.25, -0.2) is 10.3 Å². The van der Waals surface area contributed by atoms with Gasteiger partial charge in [0.25, 0.3) is 0 Å². The number of nitrogens with one attached hydrogen (secondary N) is 2. The Kier molecular flexibility index (Phi) is 4.98. The Bertz CT molecular complexity index is 438. The molecule has 1 saturated heterocycles. The summed E-state index contributed by atoms with van der Waals surface area (Å²) < 4.78 is 0. The predicted octanol–water partition coefficient (Wildman–Crippen LogP) is 1.90. The summed E-state index contributed by atoms with van der Waals surface area (Å²) in [4.78, 5) is 18.5. The summed E-state index contributed by atoms with van der Waals surface area (Å²) >= 11 is 0. The molecular weight excluding hydrogens is 254 g/mol. The van der Waals surface area contributed by atoms with Gasteiger partial charge in [-0.05, 0) is 31.9 Å². The molecule has 1 aromatic carbocycles. The van der Waals surface area contributed by atoms with Gasteiger partial charge in [-0.1, -0.05) is 30.3 Å². The van der Waals surface area contributed by atoms with Crippen LogP contribution in [0.25, 0.3) is 0 Å². The minimum atomic E-state index is -0.291. The molecule has 0 aliphatic carbocycles. The van der Waals surface area contributed by atoms with Crippen molar-refractivity contribution in [2.24, 2.45) is 0 Å². The second-order valence-corrected chi connectivity index (χ2v) is 5.50. The average Bonchev–Trinajstić information content (AvgIpc) is 2.80. The number of hydrogen-bond donors (Lipinski definition) is 2. The van der Waals surface area contributed by atoms with E-state index >= 15 is 0 Å². The van der Waals surface area contributed by atoms with E-state index < -0.39 is 0 Å². The molecule has 1 fully saturated rings. The molecule has 0 spiro atoms. The smallest absolute Gasteiger partial charge is 0.335 e. The highest BCUT2D eigenvalue weighted by atomic mass is 16.6. The molecule has 2 N–H and O–H groups in total. The van der Waals surface area contributed by atoms with E-state index in [0.717, 1.165) is 25.9 Å². The van der Waals surface area contributed by atoms with Crippen molar-refractivity contribution < 1.29 is 9.63 Å². The third-order valence-corrected chi connectivity index (χ3v) is 3.95. The van der Waals surface area contributed by atoms with Gasteiger partial charge in [0.05, 0.1) is 7.11 Å². The number of rotatable bonds is 5. The summed E-state index contributed by atoms with van der Waals surface area (Å²) in [6.45, 7) is 4.81. The number of hydroxylamine groups is 1. The molecule has 1 atom stereocenters. The number of nitrogens with zero attached hydrogens (tertiary/aromatic N) is 1. The SMILES string of the molecule is CONC(=O)NCC1(C)CCCN1Cc1ccccc1. The second-order valence-electron chi connectivity index (χ2n) is 5.50. The van der Waals surface area contributed by atoms with Crippen molar-refractivity contribution in [2.45, 2.75) is 31.8 Å². The Balaban J connectivity index is 1.93. The van der Waals surface area contributed by atoms with Crippen molar-refractivity contribution in [1.82, 2.24) is 15.7 Å². The van der Waals surface area contributed by atoms with E-state index in [2.05, 4.69) is 51.7 Å². The predicted molar refractivity (Wildman–Crippen MR) is 78.0 cm³/mol. The van der Waals surface area contributed by atoms with Crippen LogP contribution in [0.15, 0.2) is 30.3 Å². The van der Waals surface area contributed by atoms with Gasteiger partial charge in [-0.3, -0.25) is 9.74 Å². The maximum absolute atomic E-state index is 11.4. The molecular formula is C15H23N3O2. The molecule has 0 bridgehead atoms. The number of benzene rings is 1. The summed E-state index contributed by atoms with van der Waals surface area (Å²) in [6.07, 6.45) is 2.25. The van der Waals surface area contributed by atoms with Crippen LogP contribution in [0.2, 0.25) is 0 Å². The molecule has 2 amide bonds. The molecule has 0 saturated carbocycles. The zero-order valence-electron chi connectivity index (χ0n) is 12.2. The van der Waals surface area contributed by atoms with E-state index in [1.165, 1.54) is 12.7 Å². The Hall–Kier alpha value is -1.59. The zero-order chi connectivity index (χ0) is 14.4. The molecule has 1 aliphatic heterocycles. The zero-order valence-corrected chi connectivity index (χ0v) is 12.2. The van der Waals surface area contributed by atoms with Crippen molar-refractivity contribution in [3.63, 3.8) is 0 Å². The summed E-state index contributed by atoms with van der Waals surface area (Å²) in [5.41, 5.74) is 3.59. The molecule has 1 aromatic rings. The maximum Gasteiger partial charge on any atom is 0.338 e. The lowest BCUT2D eigenvalue weighted by Crippen LogP contribution is -2.51. The number of hydrogen-bond acceptors (Lipinski definition) is 3. The van der Waals surface area contributed by atoms with Gasteiger partial charge in [0.2, 0.25) is 0 Å². The molecule has 1 aliphatic rings. The van der Waals surface area contributed by atoms with Crippen LogP contribution in [0.1, 0.15) is 25.3 Å². The Morgan fingerprint density at radius 1 is 1.40 bits per heavy atom. The molecule has 20 heavy (non-hydrogen) atoms. The van der Waals surface area contributed by atoms with Crippen molar-refractivity contribution in [1.29, 1.82) is 0 Å². The molecule has 0 radical (unpaired) electrons. The molecule has 1 heterocycles. The van der Waals surface area contributed by atoms with Crippen LogP contribution in [-0.2, 0) is 11.4 Å². The van der Waals surface area contributed by atoms with Gasteiger partial charge in [0, 0.05) is 18.6 Å². The number of amides is 2. The van der Waals surface area contributed by atoms with E-state index in [9.17, 15) is 4.79 Å². The number of carbonyl (C=O) groups excluding carboxylic acids is 1. The molecule has 1 unspecified atom stereocenters. The van der Waals surface area contributed by atoms with Crippen LogP contribution in [0.3, 0.4) is 0 Å². The van der Waals surface area contributed by atoms with Crippen LogP contribution in [0.4, 0.5) is 4.79 Å². The minimum absolute atomic E-state index is 0.000916. The minimum Gasteiger partial charge on any atom is -0.335 e. The van der Waals surface area contributed by atoms with Crippen molar-refractivity contribution in [2.75, 3.05) is 20.2 Å². The van der Waals surface area contributed by atoms with Gasteiger partial charge >= 0.3 is 6.03 Å². The highest BCUT2D eigenvalue weighted by Crippen LogP contribution is 2.29. The Morgan fingerprint density at radius 3 is 2.85 bits per heavy atom. The molecule has 0 aromatic heterocycles. The maximum atomic E-state index is 11.4. The van der Waals surface area contributed by atoms with Crippen molar-refractivity contribution in [3.05, 3.63) is 35.9 Å². The van der Waals surface area contributed by atoms with Gasteiger partial charge in [0.1, 0.15) is 0 Å². The fourth-order valence-corrected chi connectivity index (χ4v) is 2.75. The fourth-order valence-electron chi connectivity index (χ4n) is 2.75. The van der Waals surface area contributed by atoms with Gasteiger partial charge in [-0.2, -0.15) is 0 Å². The lowest BCUT2D eigenvalue weighted by Gasteiger charge is -2.35. The summed E-state index contributed by atoms with van der Waals surface area (Å²) in [5, 5.41) is 2.87. The molecule has 2 rings (SSSR count). The second kappa shape index (κ2) is 6.72. The van der Waals surface area contributed by atoms with E-state index in [1.54, 1.807) is 0 Å². The monoisotopic (exact) mass is 277 g/mol. The topological polar surface area (TPSA) is 53.6 Å². The number of carbonyl (C=O) groups is 1. The summed E-state index contributed by atoms with van der Waals surface area (Å²) in [5.74, 6) is 0. The lowest BCUT2D eigenvalue weighted by atomic mass is 9.98. The van der Waals surface area contributed by atoms with Crippen LogP contribution >= 0.6 is 0 Å². The quantitative estimate of drug-likeness (QED) is 0.808. The van der Waals surface area contributed by atoms with E-state index in [-0.39, 0.29) is 11.6 Å². The molecule has 110 valence electrons. The number of urea groups is 1.